The molecule has 1 saturated heterocycles. The first-order chi connectivity index (χ1) is 11.2. The van der Waals surface area contributed by atoms with Crippen molar-refractivity contribution in [1.82, 2.24) is 10.6 Å². The van der Waals surface area contributed by atoms with Gasteiger partial charge in [-0.15, -0.1) is 0 Å². The molecule has 1 saturated carbocycles. The van der Waals surface area contributed by atoms with E-state index in [1.807, 2.05) is 7.05 Å². The van der Waals surface area contributed by atoms with Gasteiger partial charge in [-0.1, -0.05) is 12.1 Å². The van der Waals surface area contributed by atoms with E-state index in [2.05, 4.69) is 40.7 Å². The van der Waals surface area contributed by atoms with Crippen molar-refractivity contribution >= 4 is 5.96 Å². The minimum absolute atomic E-state index is 0.237. The second-order valence-electron chi connectivity index (χ2n) is 6.40. The van der Waals surface area contributed by atoms with E-state index >= 15 is 0 Å². The van der Waals surface area contributed by atoms with Gasteiger partial charge in [0.25, 0.3) is 0 Å². The van der Waals surface area contributed by atoms with Crippen LogP contribution in [0.1, 0.15) is 36.8 Å². The fourth-order valence-corrected chi connectivity index (χ4v) is 2.70. The van der Waals surface area contributed by atoms with Gasteiger partial charge in [0.05, 0.1) is 6.10 Å². The van der Waals surface area contributed by atoms with Crippen LogP contribution in [0.3, 0.4) is 0 Å². The number of benzene rings is 1. The number of aryl methyl sites for hydroxylation is 1. The molecule has 2 fully saturated rings. The van der Waals surface area contributed by atoms with Crippen LogP contribution in [0.4, 0.5) is 0 Å². The van der Waals surface area contributed by atoms with Gasteiger partial charge >= 0.3 is 0 Å². The molecule has 1 aromatic carbocycles. The predicted molar refractivity (Wildman–Crippen MR) is 92.0 cm³/mol. The number of nitrogens with zero attached hydrogens (tertiary/aromatic N) is 1. The standard InChI is InChI=1S/C18H27N3O2/c1-13-5-6-14(11-20-18(19-2)21-15-7-8-15)17(10-13)23-12-16-4-3-9-22-16/h5-6,10,15-16H,3-4,7-9,11-12H2,1-2H3,(H2,19,20,21). The topological polar surface area (TPSA) is 54.9 Å². The quantitative estimate of drug-likeness (QED) is 0.625. The molecule has 23 heavy (non-hydrogen) atoms. The summed E-state index contributed by atoms with van der Waals surface area (Å²) in [7, 11) is 1.81. The molecule has 1 heterocycles. The van der Waals surface area contributed by atoms with Crippen molar-refractivity contribution in [3.63, 3.8) is 0 Å². The number of hydrogen-bond acceptors (Lipinski definition) is 3. The average molecular weight is 317 g/mol. The molecule has 2 aliphatic rings. The third-order valence-corrected chi connectivity index (χ3v) is 4.26. The lowest BCUT2D eigenvalue weighted by Gasteiger charge is -2.17. The molecular weight excluding hydrogens is 290 g/mol. The largest absolute Gasteiger partial charge is 0.491 e. The van der Waals surface area contributed by atoms with Gasteiger partial charge in [0, 0.05) is 31.8 Å². The van der Waals surface area contributed by atoms with Crippen LogP contribution in [-0.2, 0) is 11.3 Å². The third-order valence-electron chi connectivity index (χ3n) is 4.26. The van der Waals surface area contributed by atoms with Crippen LogP contribution in [0.5, 0.6) is 5.75 Å². The van der Waals surface area contributed by atoms with Gasteiger partial charge in [0.15, 0.2) is 5.96 Å². The van der Waals surface area contributed by atoms with E-state index < -0.39 is 0 Å². The average Bonchev–Trinajstić information content (AvgIpc) is 3.22. The van der Waals surface area contributed by atoms with Crippen LogP contribution in [-0.4, -0.2) is 38.4 Å². The van der Waals surface area contributed by atoms with Crippen LogP contribution in [0, 0.1) is 6.92 Å². The molecule has 1 aliphatic heterocycles. The van der Waals surface area contributed by atoms with Gasteiger partial charge in [-0.05, 0) is 44.2 Å². The Labute approximate surface area is 138 Å². The first kappa shape index (κ1) is 16.1. The highest BCUT2D eigenvalue weighted by molar-refractivity contribution is 5.80. The van der Waals surface area contributed by atoms with Crippen molar-refractivity contribution < 1.29 is 9.47 Å². The van der Waals surface area contributed by atoms with Gasteiger partial charge in [0.2, 0.25) is 0 Å². The van der Waals surface area contributed by atoms with E-state index in [9.17, 15) is 0 Å². The van der Waals surface area contributed by atoms with Crippen molar-refractivity contribution in [2.45, 2.75) is 51.3 Å². The monoisotopic (exact) mass is 317 g/mol. The highest BCUT2D eigenvalue weighted by Crippen LogP contribution is 2.22. The Kier molecular flexibility index (Phi) is 5.39. The predicted octanol–water partition coefficient (Wildman–Crippen LogP) is 2.38. The van der Waals surface area contributed by atoms with Crippen molar-refractivity contribution in [3.05, 3.63) is 29.3 Å². The smallest absolute Gasteiger partial charge is 0.191 e. The van der Waals surface area contributed by atoms with Gasteiger partial charge < -0.3 is 20.1 Å². The molecule has 2 N–H and O–H groups in total. The molecule has 0 aromatic heterocycles. The summed E-state index contributed by atoms with van der Waals surface area (Å²) < 4.78 is 11.7. The summed E-state index contributed by atoms with van der Waals surface area (Å²) >= 11 is 0. The van der Waals surface area contributed by atoms with Gasteiger partial charge in [-0.25, -0.2) is 0 Å². The Morgan fingerprint density at radius 1 is 1.35 bits per heavy atom. The normalized spacial score (nSPS) is 21.3. The van der Waals surface area contributed by atoms with E-state index in [0.29, 0.717) is 19.2 Å². The summed E-state index contributed by atoms with van der Waals surface area (Å²) in [6.45, 7) is 4.28. The lowest BCUT2D eigenvalue weighted by atomic mass is 10.1. The van der Waals surface area contributed by atoms with Gasteiger partial charge in [0.1, 0.15) is 12.4 Å². The molecule has 0 amide bonds. The molecule has 5 nitrogen and oxygen atoms in total. The first-order valence-corrected chi connectivity index (χ1v) is 8.55. The Bertz CT molecular complexity index is 549. The second kappa shape index (κ2) is 7.68. The Morgan fingerprint density at radius 2 is 2.22 bits per heavy atom. The summed E-state index contributed by atoms with van der Waals surface area (Å²) in [6.07, 6.45) is 4.94. The number of ether oxygens (including phenoxy) is 2. The lowest BCUT2D eigenvalue weighted by Crippen LogP contribution is -2.38. The van der Waals surface area contributed by atoms with E-state index in [4.69, 9.17) is 9.47 Å². The third kappa shape index (κ3) is 4.86. The zero-order chi connectivity index (χ0) is 16.1. The number of hydrogen-bond donors (Lipinski definition) is 2. The van der Waals surface area contributed by atoms with Crippen molar-refractivity contribution in [2.24, 2.45) is 4.99 Å². The zero-order valence-electron chi connectivity index (χ0n) is 14.1. The second-order valence-corrected chi connectivity index (χ2v) is 6.40. The minimum atomic E-state index is 0.237. The van der Waals surface area contributed by atoms with Crippen molar-refractivity contribution in [3.8, 4) is 5.75 Å². The highest BCUT2D eigenvalue weighted by Gasteiger charge is 2.22. The minimum Gasteiger partial charge on any atom is -0.491 e. The zero-order valence-corrected chi connectivity index (χ0v) is 14.1. The fourth-order valence-electron chi connectivity index (χ4n) is 2.70. The molecule has 3 rings (SSSR count). The van der Waals surface area contributed by atoms with Crippen LogP contribution in [0.25, 0.3) is 0 Å². The maximum atomic E-state index is 6.04. The summed E-state index contributed by atoms with van der Waals surface area (Å²) in [6, 6.07) is 6.93. The molecule has 5 heteroatoms. The maximum absolute atomic E-state index is 6.04. The first-order valence-electron chi connectivity index (χ1n) is 8.55. The molecule has 1 unspecified atom stereocenters. The summed E-state index contributed by atoms with van der Waals surface area (Å²) in [5, 5.41) is 6.77. The summed E-state index contributed by atoms with van der Waals surface area (Å²) in [5.41, 5.74) is 2.35. The molecule has 126 valence electrons. The lowest BCUT2D eigenvalue weighted by molar-refractivity contribution is 0.0676. The molecule has 1 aliphatic carbocycles. The number of rotatable bonds is 6. The van der Waals surface area contributed by atoms with Crippen molar-refractivity contribution in [2.75, 3.05) is 20.3 Å². The molecule has 0 spiro atoms. The Hall–Kier alpha value is -1.75. The van der Waals surface area contributed by atoms with E-state index in [-0.39, 0.29) is 6.10 Å². The number of nitrogens with one attached hydrogen (secondary N) is 2. The molecular formula is C18H27N3O2. The van der Waals surface area contributed by atoms with Crippen LogP contribution in [0.15, 0.2) is 23.2 Å². The fraction of sp³-hybridized carbons (Fsp3) is 0.611. The Morgan fingerprint density at radius 3 is 2.91 bits per heavy atom. The molecule has 1 aromatic rings. The summed E-state index contributed by atoms with van der Waals surface area (Å²) in [5.74, 6) is 1.80. The van der Waals surface area contributed by atoms with Gasteiger partial charge in [-0.3, -0.25) is 4.99 Å². The van der Waals surface area contributed by atoms with Crippen LogP contribution < -0.4 is 15.4 Å². The van der Waals surface area contributed by atoms with Crippen LogP contribution >= 0.6 is 0 Å². The molecule has 0 radical (unpaired) electrons. The summed E-state index contributed by atoms with van der Waals surface area (Å²) in [4.78, 5) is 4.27. The van der Waals surface area contributed by atoms with E-state index in [1.165, 1.54) is 18.4 Å². The molecule has 0 bridgehead atoms. The van der Waals surface area contributed by atoms with Gasteiger partial charge in [-0.2, -0.15) is 0 Å². The SMILES string of the molecule is CN=C(NCc1ccc(C)cc1OCC1CCCO1)NC1CC1. The van der Waals surface area contributed by atoms with E-state index in [1.54, 1.807) is 0 Å². The number of aliphatic imine (C=N–C) groups is 1. The maximum Gasteiger partial charge on any atom is 0.191 e. The van der Waals surface area contributed by atoms with Crippen LogP contribution in [0.2, 0.25) is 0 Å². The van der Waals surface area contributed by atoms with Crippen molar-refractivity contribution in [1.29, 1.82) is 0 Å². The Balaban J connectivity index is 1.58. The highest BCUT2D eigenvalue weighted by atomic mass is 16.5. The molecule has 1 atom stereocenters. The van der Waals surface area contributed by atoms with E-state index in [0.717, 1.165) is 36.7 Å². The number of guanidine groups is 1.